The van der Waals surface area contributed by atoms with Gasteiger partial charge in [0.05, 0.1) is 25.3 Å². The molecule has 1 aliphatic rings. The number of carbonyl (C=O) groups is 1. The molecule has 1 N–H and O–H groups in total. The number of amides is 1. The van der Waals surface area contributed by atoms with Gasteiger partial charge in [0.25, 0.3) is 0 Å². The fourth-order valence-electron chi connectivity index (χ4n) is 2.55. The highest BCUT2D eigenvalue weighted by atomic mass is 35.5. The van der Waals surface area contributed by atoms with Crippen LogP contribution in [0.25, 0.3) is 11.3 Å². The van der Waals surface area contributed by atoms with Gasteiger partial charge >= 0.3 is 0 Å². The molecule has 1 amide bonds. The highest BCUT2D eigenvalue weighted by Crippen LogP contribution is 2.22. The van der Waals surface area contributed by atoms with Crippen molar-refractivity contribution in [3.8, 4) is 11.3 Å². The number of nitrogens with one attached hydrogen (secondary N) is 1. The van der Waals surface area contributed by atoms with E-state index in [1.165, 1.54) is 0 Å². The molecule has 6 nitrogen and oxygen atoms in total. The number of ether oxygens (including phenoxy) is 1. The number of benzene rings is 1. The van der Waals surface area contributed by atoms with Gasteiger partial charge < -0.3 is 14.6 Å². The molecule has 1 aromatic carbocycles. The molecule has 7 heteroatoms. The molecule has 0 radical (unpaired) electrons. The highest BCUT2D eigenvalue weighted by molar-refractivity contribution is 6.30. The third-order valence-corrected chi connectivity index (χ3v) is 4.14. The minimum atomic E-state index is -0.0563. The number of carbonyl (C=O) groups excluding carboxylic acids is 1. The second-order valence-electron chi connectivity index (χ2n) is 5.67. The van der Waals surface area contributed by atoms with Gasteiger partial charge in [-0.05, 0) is 24.3 Å². The highest BCUT2D eigenvalue weighted by Gasteiger charge is 2.12. The van der Waals surface area contributed by atoms with E-state index in [-0.39, 0.29) is 12.3 Å². The van der Waals surface area contributed by atoms with Crippen molar-refractivity contribution in [1.29, 1.82) is 0 Å². The Morgan fingerprint density at radius 2 is 2.00 bits per heavy atom. The molecule has 2 aromatic rings. The van der Waals surface area contributed by atoms with E-state index < -0.39 is 0 Å². The summed E-state index contributed by atoms with van der Waals surface area (Å²) in [5, 5.41) is 7.54. The fourth-order valence-corrected chi connectivity index (χ4v) is 2.68. The third kappa shape index (κ3) is 4.80. The summed E-state index contributed by atoms with van der Waals surface area (Å²) in [6.07, 6.45) is 0.209. The number of halogens is 1. The lowest BCUT2D eigenvalue weighted by Gasteiger charge is -2.26. The van der Waals surface area contributed by atoms with Crippen molar-refractivity contribution in [3.05, 3.63) is 41.0 Å². The molecular weight excluding hydrogens is 330 g/mol. The van der Waals surface area contributed by atoms with E-state index in [4.69, 9.17) is 20.9 Å². The zero-order valence-electron chi connectivity index (χ0n) is 13.3. The molecule has 1 aliphatic heterocycles. The molecule has 0 spiro atoms. The summed E-state index contributed by atoms with van der Waals surface area (Å²) in [6, 6.07) is 9.07. The maximum absolute atomic E-state index is 12.0. The second kappa shape index (κ2) is 8.28. The predicted molar refractivity (Wildman–Crippen MR) is 90.9 cm³/mol. The van der Waals surface area contributed by atoms with E-state index in [0.29, 0.717) is 23.0 Å². The first-order valence-corrected chi connectivity index (χ1v) is 8.37. The minimum absolute atomic E-state index is 0.0563. The Balaban J connectivity index is 1.45. The second-order valence-corrected chi connectivity index (χ2v) is 6.11. The zero-order valence-corrected chi connectivity index (χ0v) is 14.1. The van der Waals surface area contributed by atoms with Crippen LogP contribution in [0.2, 0.25) is 5.02 Å². The van der Waals surface area contributed by atoms with Crippen LogP contribution in [0, 0.1) is 0 Å². The quantitative estimate of drug-likeness (QED) is 0.863. The van der Waals surface area contributed by atoms with Gasteiger partial charge in [-0.1, -0.05) is 16.8 Å². The minimum Gasteiger partial charge on any atom is -0.379 e. The maximum atomic E-state index is 12.0. The SMILES string of the molecule is O=C(Cc1cc(-c2ccc(Cl)cc2)on1)NCCN1CCOCC1. The fraction of sp³-hybridized carbons (Fsp3) is 0.412. The summed E-state index contributed by atoms with van der Waals surface area (Å²) in [5.74, 6) is 0.571. The van der Waals surface area contributed by atoms with E-state index in [2.05, 4.69) is 15.4 Å². The average Bonchev–Trinajstić information content (AvgIpc) is 3.05. The van der Waals surface area contributed by atoms with E-state index in [1.807, 2.05) is 12.1 Å². The lowest BCUT2D eigenvalue weighted by molar-refractivity contribution is -0.120. The van der Waals surface area contributed by atoms with Crippen molar-refractivity contribution < 1.29 is 14.1 Å². The number of nitrogens with zero attached hydrogens (tertiary/aromatic N) is 2. The Morgan fingerprint density at radius 1 is 1.25 bits per heavy atom. The number of rotatable bonds is 6. The van der Waals surface area contributed by atoms with Crippen molar-refractivity contribution in [1.82, 2.24) is 15.4 Å². The molecule has 0 bridgehead atoms. The van der Waals surface area contributed by atoms with Crippen molar-refractivity contribution in [3.63, 3.8) is 0 Å². The maximum Gasteiger partial charge on any atom is 0.226 e. The monoisotopic (exact) mass is 349 g/mol. The van der Waals surface area contributed by atoms with Crippen molar-refractivity contribution >= 4 is 17.5 Å². The molecule has 0 unspecified atom stereocenters. The van der Waals surface area contributed by atoms with Crippen molar-refractivity contribution in [2.75, 3.05) is 39.4 Å². The standard InChI is InChI=1S/C17H20ClN3O3/c18-14-3-1-13(2-4-14)16-11-15(20-24-16)12-17(22)19-5-6-21-7-9-23-10-8-21/h1-4,11H,5-10,12H2,(H,19,22). The van der Waals surface area contributed by atoms with Gasteiger partial charge in [0.2, 0.25) is 5.91 Å². The molecule has 1 aromatic heterocycles. The Morgan fingerprint density at radius 3 is 2.75 bits per heavy atom. The Labute approximate surface area is 145 Å². The molecule has 0 atom stereocenters. The van der Waals surface area contributed by atoms with Crippen LogP contribution in [-0.4, -0.2) is 55.4 Å². The first kappa shape index (κ1) is 17.0. The van der Waals surface area contributed by atoms with Crippen LogP contribution in [0.1, 0.15) is 5.69 Å². The first-order valence-electron chi connectivity index (χ1n) is 7.99. The van der Waals surface area contributed by atoms with Crippen molar-refractivity contribution in [2.45, 2.75) is 6.42 Å². The van der Waals surface area contributed by atoms with E-state index in [0.717, 1.165) is 38.4 Å². The Bertz CT molecular complexity index is 666. The van der Waals surface area contributed by atoms with E-state index in [1.54, 1.807) is 18.2 Å². The van der Waals surface area contributed by atoms with Gasteiger partial charge in [-0.25, -0.2) is 0 Å². The van der Waals surface area contributed by atoms with Gasteiger partial charge in [-0.3, -0.25) is 9.69 Å². The Hall–Kier alpha value is -1.89. The van der Waals surface area contributed by atoms with Crippen LogP contribution < -0.4 is 5.32 Å². The number of hydrogen-bond donors (Lipinski definition) is 1. The largest absolute Gasteiger partial charge is 0.379 e. The molecular formula is C17H20ClN3O3. The number of morpholine rings is 1. The van der Waals surface area contributed by atoms with Gasteiger partial charge in [-0.2, -0.15) is 0 Å². The topological polar surface area (TPSA) is 67.6 Å². The van der Waals surface area contributed by atoms with Crippen LogP contribution in [0.3, 0.4) is 0 Å². The lowest BCUT2D eigenvalue weighted by atomic mass is 10.1. The molecule has 24 heavy (non-hydrogen) atoms. The number of aromatic nitrogens is 1. The van der Waals surface area contributed by atoms with Gasteiger partial charge in [0.15, 0.2) is 5.76 Å². The molecule has 3 rings (SSSR count). The average molecular weight is 350 g/mol. The van der Waals surface area contributed by atoms with Crippen LogP contribution in [-0.2, 0) is 16.0 Å². The number of hydrogen-bond acceptors (Lipinski definition) is 5. The smallest absolute Gasteiger partial charge is 0.226 e. The predicted octanol–water partition coefficient (Wildman–Crippen LogP) is 1.99. The molecule has 2 heterocycles. The molecule has 0 saturated carbocycles. The van der Waals surface area contributed by atoms with Crippen LogP contribution in [0.4, 0.5) is 0 Å². The van der Waals surface area contributed by atoms with Crippen LogP contribution >= 0.6 is 11.6 Å². The van der Waals surface area contributed by atoms with Gasteiger partial charge in [0, 0.05) is 42.8 Å². The van der Waals surface area contributed by atoms with Gasteiger partial charge in [0.1, 0.15) is 0 Å². The normalized spacial score (nSPS) is 15.4. The van der Waals surface area contributed by atoms with E-state index >= 15 is 0 Å². The zero-order chi connectivity index (χ0) is 16.8. The Kier molecular flexibility index (Phi) is 5.85. The first-order chi connectivity index (χ1) is 11.7. The lowest BCUT2D eigenvalue weighted by Crippen LogP contribution is -2.41. The van der Waals surface area contributed by atoms with Crippen molar-refractivity contribution in [2.24, 2.45) is 0 Å². The third-order valence-electron chi connectivity index (χ3n) is 3.88. The molecule has 0 aliphatic carbocycles. The van der Waals surface area contributed by atoms with Gasteiger partial charge in [-0.15, -0.1) is 0 Å². The summed E-state index contributed by atoms with van der Waals surface area (Å²) >= 11 is 5.87. The molecule has 128 valence electrons. The van der Waals surface area contributed by atoms with Crippen LogP contribution in [0.5, 0.6) is 0 Å². The summed E-state index contributed by atoms with van der Waals surface area (Å²) in [5.41, 5.74) is 1.50. The summed E-state index contributed by atoms with van der Waals surface area (Å²) in [4.78, 5) is 14.3. The van der Waals surface area contributed by atoms with E-state index in [9.17, 15) is 4.79 Å². The summed E-state index contributed by atoms with van der Waals surface area (Å²) < 4.78 is 10.6. The van der Waals surface area contributed by atoms with Crippen LogP contribution in [0.15, 0.2) is 34.9 Å². The molecule has 1 fully saturated rings. The molecule has 1 saturated heterocycles. The summed E-state index contributed by atoms with van der Waals surface area (Å²) in [6.45, 7) is 4.83. The summed E-state index contributed by atoms with van der Waals surface area (Å²) in [7, 11) is 0.